The molecule has 0 saturated heterocycles. The van der Waals surface area contributed by atoms with Crippen molar-refractivity contribution in [1.29, 1.82) is 0 Å². The quantitative estimate of drug-likeness (QED) is 0.298. The molecule has 0 saturated carbocycles. The van der Waals surface area contributed by atoms with Crippen LogP contribution in [-0.4, -0.2) is 17.7 Å². The first-order valence-electron chi connectivity index (χ1n) is 8.47. The molecule has 1 aromatic heterocycles. The third kappa shape index (κ3) is 5.18. The van der Waals surface area contributed by atoms with E-state index in [9.17, 15) is 4.79 Å². The summed E-state index contributed by atoms with van der Waals surface area (Å²) in [6, 6.07) is 18.7. The summed E-state index contributed by atoms with van der Waals surface area (Å²) in [5.41, 5.74) is 14.5. The fourth-order valence-electron chi connectivity index (χ4n) is 2.44. The molecule has 0 unspecified atom stereocenters. The van der Waals surface area contributed by atoms with Crippen molar-refractivity contribution in [2.45, 2.75) is 6.92 Å². The molecule has 2 aromatic carbocycles. The number of urea groups is 1. The van der Waals surface area contributed by atoms with Crippen molar-refractivity contribution in [3.8, 4) is 10.4 Å². The van der Waals surface area contributed by atoms with E-state index < -0.39 is 0 Å². The second kappa shape index (κ2) is 8.83. The van der Waals surface area contributed by atoms with E-state index in [-0.39, 0.29) is 12.0 Å². The predicted octanol–water partition coefficient (Wildman–Crippen LogP) is 4.06. The van der Waals surface area contributed by atoms with Crippen LogP contribution in [0.1, 0.15) is 12.5 Å². The molecule has 0 fully saturated rings. The summed E-state index contributed by atoms with van der Waals surface area (Å²) >= 11 is 1.68. The van der Waals surface area contributed by atoms with Crippen molar-refractivity contribution >= 4 is 40.4 Å². The smallest absolute Gasteiger partial charge is 0.323 e. The maximum absolute atomic E-state index is 12.2. The van der Waals surface area contributed by atoms with Crippen molar-refractivity contribution in [2.75, 3.05) is 10.6 Å². The topological polar surface area (TPSA) is 118 Å². The number of rotatable bonds is 5. The van der Waals surface area contributed by atoms with Gasteiger partial charge in [0.1, 0.15) is 0 Å². The lowest BCUT2D eigenvalue weighted by Gasteiger charge is -2.09. The summed E-state index contributed by atoms with van der Waals surface area (Å²) in [6.07, 6.45) is 0. The van der Waals surface area contributed by atoms with Gasteiger partial charge < -0.3 is 22.1 Å². The SMILES string of the molecule is C/C(=N\N=C(N)N)c1ccc(NC(=O)Nc2ccc(-c3cccs3)cc2)cc1. The Labute approximate surface area is 166 Å². The molecule has 3 rings (SSSR count). The molecule has 28 heavy (non-hydrogen) atoms. The number of benzene rings is 2. The zero-order valence-corrected chi connectivity index (χ0v) is 16.0. The number of amides is 2. The summed E-state index contributed by atoms with van der Waals surface area (Å²) in [5, 5.41) is 15.2. The van der Waals surface area contributed by atoms with Gasteiger partial charge in [-0.15, -0.1) is 16.4 Å². The highest BCUT2D eigenvalue weighted by molar-refractivity contribution is 7.13. The average Bonchev–Trinajstić information content (AvgIpc) is 3.22. The summed E-state index contributed by atoms with van der Waals surface area (Å²) in [7, 11) is 0. The van der Waals surface area contributed by atoms with Gasteiger partial charge in [-0.25, -0.2) is 4.79 Å². The molecule has 8 heteroatoms. The first kappa shape index (κ1) is 19.1. The van der Waals surface area contributed by atoms with Crippen LogP contribution in [0.15, 0.2) is 76.2 Å². The van der Waals surface area contributed by atoms with Crippen molar-refractivity contribution in [1.82, 2.24) is 0 Å². The normalized spacial score (nSPS) is 11.0. The molecule has 0 aliphatic rings. The van der Waals surface area contributed by atoms with Crippen LogP contribution in [0.4, 0.5) is 16.2 Å². The van der Waals surface area contributed by atoms with Gasteiger partial charge in [0.25, 0.3) is 0 Å². The summed E-state index contributed by atoms with van der Waals surface area (Å²) in [4.78, 5) is 13.4. The first-order valence-corrected chi connectivity index (χ1v) is 9.35. The van der Waals surface area contributed by atoms with Gasteiger partial charge in [0.2, 0.25) is 5.96 Å². The Kier molecular flexibility index (Phi) is 6.03. The molecule has 0 atom stereocenters. The third-order valence-electron chi connectivity index (χ3n) is 3.82. The molecule has 3 aromatic rings. The van der Waals surface area contributed by atoms with Gasteiger partial charge in [-0.1, -0.05) is 30.3 Å². The molecule has 0 aliphatic carbocycles. The molecular formula is C20H20N6OS. The van der Waals surface area contributed by atoms with Gasteiger partial charge in [-0.2, -0.15) is 5.10 Å². The fraction of sp³-hybridized carbons (Fsp3) is 0.0500. The van der Waals surface area contributed by atoms with Gasteiger partial charge in [0.15, 0.2) is 0 Å². The molecule has 0 aliphatic heterocycles. The fourth-order valence-corrected chi connectivity index (χ4v) is 3.17. The minimum Gasteiger partial charge on any atom is -0.369 e. The van der Waals surface area contributed by atoms with Gasteiger partial charge in [-0.3, -0.25) is 0 Å². The lowest BCUT2D eigenvalue weighted by Crippen LogP contribution is -2.22. The van der Waals surface area contributed by atoms with Crippen LogP contribution >= 0.6 is 11.3 Å². The monoisotopic (exact) mass is 392 g/mol. The Balaban J connectivity index is 1.59. The predicted molar refractivity (Wildman–Crippen MR) is 117 cm³/mol. The van der Waals surface area contributed by atoms with Crippen LogP contribution in [-0.2, 0) is 0 Å². The zero-order chi connectivity index (χ0) is 19.9. The number of nitrogens with zero attached hydrogens (tertiary/aromatic N) is 2. The van der Waals surface area contributed by atoms with Crippen molar-refractivity contribution in [3.63, 3.8) is 0 Å². The summed E-state index contributed by atoms with van der Waals surface area (Å²) in [5.74, 6) is -0.0993. The third-order valence-corrected chi connectivity index (χ3v) is 4.74. The number of hydrogen-bond donors (Lipinski definition) is 4. The Hall–Kier alpha value is -3.65. The highest BCUT2D eigenvalue weighted by atomic mass is 32.1. The molecule has 0 bridgehead atoms. The maximum Gasteiger partial charge on any atom is 0.323 e. The number of thiophene rings is 1. The minimum absolute atomic E-state index is 0.0993. The highest BCUT2D eigenvalue weighted by Crippen LogP contribution is 2.25. The summed E-state index contributed by atoms with van der Waals surface area (Å²) in [6.45, 7) is 1.79. The molecule has 142 valence electrons. The van der Waals surface area contributed by atoms with E-state index in [1.165, 1.54) is 4.88 Å². The number of carbonyl (C=O) groups is 1. The standard InChI is InChI=1S/C20H20N6OS/c1-13(25-26-19(21)22)14-4-8-16(9-5-14)23-20(27)24-17-10-6-15(7-11-17)18-3-2-12-28-18/h2-12H,1H3,(H4,21,22,26)(H2,23,24,27)/b25-13+. The number of anilines is 2. The van der Waals surface area contributed by atoms with E-state index in [0.717, 1.165) is 16.8 Å². The van der Waals surface area contributed by atoms with E-state index in [4.69, 9.17) is 11.5 Å². The van der Waals surface area contributed by atoms with Crippen molar-refractivity contribution in [3.05, 3.63) is 71.6 Å². The van der Waals surface area contributed by atoms with Crippen LogP contribution in [0, 0.1) is 0 Å². The molecular weight excluding hydrogens is 372 g/mol. The number of nitrogens with one attached hydrogen (secondary N) is 2. The van der Waals surface area contributed by atoms with Gasteiger partial charge in [0.05, 0.1) is 5.71 Å². The molecule has 7 nitrogen and oxygen atoms in total. The highest BCUT2D eigenvalue weighted by Gasteiger charge is 2.05. The van der Waals surface area contributed by atoms with E-state index in [0.29, 0.717) is 11.4 Å². The van der Waals surface area contributed by atoms with Crippen LogP contribution < -0.4 is 22.1 Å². The lowest BCUT2D eigenvalue weighted by atomic mass is 10.1. The lowest BCUT2D eigenvalue weighted by molar-refractivity contribution is 0.262. The molecule has 0 spiro atoms. The number of guanidine groups is 1. The molecule has 1 heterocycles. The minimum atomic E-state index is -0.317. The average molecular weight is 392 g/mol. The van der Waals surface area contributed by atoms with Crippen LogP contribution in [0.5, 0.6) is 0 Å². The van der Waals surface area contributed by atoms with Crippen LogP contribution in [0.3, 0.4) is 0 Å². The Morgan fingerprint density at radius 2 is 1.50 bits per heavy atom. The molecule has 6 N–H and O–H groups in total. The zero-order valence-electron chi connectivity index (χ0n) is 15.2. The van der Waals surface area contributed by atoms with Gasteiger partial charge in [0, 0.05) is 16.3 Å². The van der Waals surface area contributed by atoms with E-state index in [1.54, 1.807) is 30.4 Å². The number of hydrogen-bond acceptors (Lipinski definition) is 4. The molecule has 2 amide bonds. The largest absolute Gasteiger partial charge is 0.369 e. The van der Waals surface area contributed by atoms with E-state index >= 15 is 0 Å². The second-order valence-electron chi connectivity index (χ2n) is 5.92. The van der Waals surface area contributed by atoms with Crippen molar-refractivity contribution in [2.24, 2.45) is 21.7 Å². The Bertz CT molecular complexity index is 988. The Morgan fingerprint density at radius 1 is 0.893 bits per heavy atom. The second-order valence-corrected chi connectivity index (χ2v) is 6.87. The van der Waals surface area contributed by atoms with Crippen LogP contribution in [0.2, 0.25) is 0 Å². The number of carbonyl (C=O) groups excluding carboxylic acids is 1. The number of nitrogens with two attached hydrogens (primary N) is 2. The van der Waals surface area contributed by atoms with Gasteiger partial charge in [-0.05, 0) is 53.8 Å². The Morgan fingerprint density at radius 3 is 2.04 bits per heavy atom. The van der Waals surface area contributed by atoms with E-state index in [1.807, 2.05) is 47.8 Å². The first-order chi connectivity index (χ1) is 13.5. The van der Waals surface area contributed by atoms with E-state index in [2.05, 4.69) is 26.9 Å². The molecule has 0 radical (unpaired) electrons. The van der Waals surface area contributed by atoms with Gasteiger partial charge >= 0.3 is 6.03 Å². The summed E-state index contributed by atoms with van der Waals surface area (Å²) < 4.78 is 0. The van der Waals surface area contributed by atoms with Crippen LogP contribution in [0.25, 0.3) is 10.4 Å². The van der Waals surface area contributed by atoms with Crippen molar-refractivity contribution < 1.29 is 4.79 Å². The maximum atomic E-state index is 12.2.